The molecule has 1 aromatic rings. The number of hydrogen-bond acceptors (Lipinski definition) is 6. The number of ether oxygens (including phenoxy) is 1. The third kappa shape index (κ3) is 5.40. The van der Waals surface area contributed by atoms with Crippen LogP contribution in [0.1, 0.15) is 31.4 Å². The number of nitrogens with zero attached hydrogens (tertiary/aromatic N) is 4. The molecule has 168 valence electrons. The van der Waals surface area contributed by atoms with E-state index in [1.54, 1.807) is 14.0 Å². The van der Waals surface area contributed by atoms with Gasteiger partial charge in [0.1, 0.15) is 11.5 Å². The highest BCUT2D eigenvalue weighted by Crippen LogP contribution is 2.31. The smallest absolute Gasteiger partial charge is 0.248 e. The molecule has 2 saturated heterocycles. The molecule has 0 aromatic carbocycles. The second-order valence-corrected chi connectivity index (χ2v) is 10.8. The minimum Gasteiger partial charge on any atom is -0.365 e. The molecule has 3 fully saturated rings. The van der Waals surface area contributed by atoms with Crippen LogP contribution in [0.3, 0.4) is 0 Å². The van der Waals surface area contributed by atoms with E-state index in [2.05, 4.69) is 14.7 Å². The fourth-order valence-electron chi connectivity index (χ4n) is 4.43. The Morgan fingerprint density at radius 3 is 2.50 bits per heavy atom. The number of amides is 1. The molecule has 1 unspecified atom stereocenters. The van der Waals surface area contributed by atoms with Crippen LogP contribution in [0, 0.1) is 18.8 Å². The van der Waals surface area contributed by atoms with E-state index in [0.717, 1.165) is 38.4 Å². The lowest BCUT2D eigenvalue weighted by Gasteiger charge is -2.38. The Morgan fingerprint density at radius 2 is 1.87 bits per heavy atom. The van der Waals surface area contributed by atoms with Gasteiger partial charge in [-0.25, -0.2) is 13.1 Å². The number of aryl methyl sites for hydroxylation is 2. The molecule has 1 amide bonds. The van der Waals surface area contributed by atoms with Crippen LogP contribution in [0.25, 0.3) is 0 Å². The molecule has 4 rings (SSSR count). The van der Waals surface area contributed by atoms with Gasteiger partial charge in [0.25, 0.3) is 0 Å². The Balaban J connectivity index is 1.26. The summed E-state index contributed by atoms with van der Waals surface area (Å²) in [6.07, 6.45) is 6.15. The van der Waals surface area contributed by atoms with Crippen molar-refractivity contribution >= 4 is 15.9 Å². The van der Waals surface area contributed by atoms with Crippen molar-refractivity contribution in [2.45, 2.75) is 43.6 Å². The number of carbonyl (C=O) groups is 1. The van der Waals surface area contributed by atoms with Crippen LogP contribution in [0.15, 0.2) is 11.1 Å². The molecule has 1 aromatic heterocycles. The Hall–Kier alpha value is -1.49. The van der Waals surface area contributed by atoms with Crippen molar-refractivity contribution < 1.29 is 17.9 Å². The minimum absolute atomic E-state index is 0.00220. The van der Waals surface area contributed by atoms with Crippen molar-refractivity contribution in [1.29, 1.82) is 0 Å². The molecular formula is C20H33N5O4S. The molecule has 10 heteroatoms. The highest BCUT2D eigenvalue weighted by Gasteiger charge is 2.32. The summed E-state index contributed by atoms with van der Waals surface area (Å²) in [5.74, 6) is 1.43. The predicted molar refractivity (Wildman–Crippen MR) is 111 cm³/mol. The Morgan fingerprint density at radius 1 is 1.17 bits per heavy atom. The first-order chi connectivity index (χ1) is 14.3. The summed E-state index contributed by atoms with van der Waals surface area (Å²) in [5, 5.41) is 4.09. The van der Waals surface area contributed by atoms with Crippen molar-refractivity contribution in [3.8, 4) is 0 Å². The van der Waals surface area contributed by atoms with Crippen LogP contribution in [0.5, 0.6) is 0 Å². The lowest BCUT2D eigenvalue weighted by atomic mass is 9.95. The molecule has 1 saturated carbocycles. The van der Waals surface area contributed by atoms with Crippen LogP contribution in [0.2, 0.25) is 0 Å². The molecule has 1 N–H and O–H groups in total. The number of carbonyl (C=O) groups excluding carboxylic acids is 1. The first-order valence-corrected chi connectivity index (χ1v) is 12.4. The largest absolute Gasteiger partial charge is 0.365 e. The van der Waals surface area contributed by atoms with Gasteiger partial charge in [-0.1, -0.05) is 0 Å². The first kappa shape index (κ1) is 21.7. The molecule has 3 aliphatic rings. The Labute approximate surface area is 178 Å². The van der Waals surface area contributed by atoms with E-state index in [0.29, 0.717) is 18.2 Å². The highest BCUT2D eigenvalue weighted by molar-refractivity contribution is 7.89. The fourth-order valence-corrected chi connectivity index (χ4v) is 5.71. The summed E-state index contributed by atoms with van der Waals surface area (Å²) in [4.78, 5) is 16.9. The minimum atomic E-state index is -3.66. The van der Waals surface area contributed by atoms with Gasteiger partial charge in [-0.05, 0) is 57.5 Å². The molecule has 0 radical (unpaired) electrons. The van der Waals surface area contributed by atoms with Gasteiger partial charge in [0.15, 0.2) is 0 Å². The number of hydrogen-bond donors (Lipinski definition) is 1. The summed E-state index contributed by atoms with van der Waals surface area (Å²) in [5.41, 5.74) is 0.458. The average molecular weight is 440 g/mol. The molecule has 30 heavy (non-hydrogen) atoms. The zero-order valence-corrected chi connectivity index (χ0v) is 18.7. The van der Waals surface area contributed by atoms with Gasteiger partial charge in [0, 0.05) is 39.4 Å². The summed E-state index contributed by atoms with van der Waals surface area (Å²) in [7, 11) is -1.97. The zero-order valence-electron chi connectivity index (χ0n) is 17.9. The van der Waals surface area contributed by atoms with E-state index >= 15 is 0 Å². The highest BCUT2D eigenvalue weighted by atomic mass is 32.2. The van der Waals surface area contributed by atoms with Crippen LogP contribution in [-0.4, -0.2) is 85.9 Å². The van der Waals surface area contributed by atoms with Crippen LogP contribution < -0.4 is 4.72 Å². The van der Waals surface area contributed by atoms with Gasteiger partial charge in [0.05, 0.1) is 11.8 Å². The SMILES string of the molecule is Cc1nn(C)cc1S(=O)(=O)NCC1CN(CC2CCN(CC3CC3)CC2)C(=O)CO1. The van der Waals surface area contributed by atoms with Gasteiger partial charge in [-0.2, -0.15) is 5.10 Å². The Kier molecular flexibility index (Phi) is 6.47. The van der Waals surface area contributed by atoms with Crippen molar-refractivity contribution in [2.75, 3.05) is 45.9 Å². The maximum absolute atomic E-state index is 12.6. The standard InChI is InChI=1S/C20H33N5O4S/c1-15-19(13-23(2)22-15)30(27,28)21-9-18-12-25(20(26)14-29-18)11-17-5-7-24(8-6-17)10-16-3-4-16/h13,16-18,21H,3-12,14H2,1-2H3. The average Bonchev–Trinajstić information content (AvgIpc) is 3.45. The second-order valence-electron chi connectivity index (χ2n) is 9.02. The number of sulfonamides is 1. The first-order valence-electron chi connectivity index (χ1n) is 10.9. The van der Waals surface area contributed by atoms with Crippen LogP contribution in [-0.2, 0) is 26.6 Å². The second kappa shape index (κ2) is 8.94. The molecule has 1 aliphatic carbocycles. The maximum atomic E-state index is 12.6. The van der Waals surface area contributed by atoms with Crippen LogP contribution in [0.4, 0.5) is 0 Å². The summed E-state index contributed by atoms with van der Waals surface area (Å²) >= 11 is 0. The molecule has 1 atom stereocenters. The number of rotatable bonds is 8. The number of aromatic nitrogens is 2. The normalized spacial score (nSPS) is 24.5. The topological polar surface area (TPSA) is 96.8 Å². The number of nitrogens with one attached hydrogen (secondary N) is 1. The van der Waals surface area contributed by atoms with E-state index in [9.17, 15) is 13.2 Å². The van der Waals surface area contributed by atoms with Gasteiger partial charge < -0.3 is 14.5 Å². The summed E-state index contributed by atoms with van der Waals surface area (Å²) in [6.45, 7) is 6.46. The van der Waals surface area contributed by atoms with E-state index in [-0.39, 0.29) is 30.1 Å². The molecule has 0 bridgehead atoms. The molecule has 3 heterocycles. The van der Waals surface area contributed by atoms with Crippen molar-refractivity contribution in [3.05, 3.63) is 11.9 Å². The van der Waals surface area contributed by atoms with E-state index < -0.39 is 10.0 Å². The molecular weight excluding hydrogens is 406 g/mol. The van der Waals surface area contributed by atoms with E-state index in [1.165, 1.54) is 30.3 Å². The van der Waals surface area contributed by atoms with Crippen molar-refractivity contribution in [1.82, 2.24) is 24.3 Å². The van der Waals surface area contributed by atoms with E-state index in [4.69, 9.17) is 4.74 Å². The number of likely N-dealkylation sites (tertiary alicyclic amines) is 1. The monoisotopic (exact) mass is 439 g/mol. The summed E-state index contributed by atoms with van der Waals surface area (Å²) < 4.78 is 34.9. The molecule has 9 nitrogen and oxygen atoms in total. The predicted octanol–water partition coefficient (Wildman–Crippen LogP) is 0.356. The fraction of sp³-hybridized carbons (Fsp3) is 0.800. The quantitative estimate of drug-likeness (QED) is 0.628. The third-order valence-corrected chi connectivity index (χ3v) is 7.90. The van der Waals surface area contributed by atoms with Gasteiger partial charge in [0.2, 0.25) is 15.9 Å². The van der Waals surface area contributed by atoms with Gasteiger partial charge >= 0.3 is 0 Å². The van der Waals surface area contributed by atoms with E-state index in [1.807, 2.05) is 4.90 Å². The van der Waals surface area contributed by atoms with Crippen LogP contribution >= 0.6 is 0 Å². The third-order valence-electron chi connectivity index (χ3n) is 6.38. The maximum Gasteiger partial charge on any atom is 0.248 e. The van der Waals surface area contributed by atoms with Gasteiger partial charge in [-0.3, -0.25) is 9.48 Å². The lowest BCUT2D eigenvalue weighted by molar-refractivity contribution is -0.149. The molecule has 0 spiro atoms. The number of piperidine rings is 1. The zero-order chi connectivity index (χ0) is 21.3. The number of morpholine rings is 1. The van der Waals surface area contributed by atoms with Crippen molar-refractivity contribution in [2.24, 2.45) is 18.9 Å². The van der Waals surface area contributed by atoms with Crippen molar-refractivity contribution in [3.63, 3.8) is 0 Å². The summed E-state index contributed by atoms with van der Waals surface area (Å²) in [6, 6.07) is 0. The van der Waals surface area contributed by atoms with Gasteiger partial charge in [-0.15, -0.1) is 0 Å². The molecule has 2 aliphatic heterocycles. The lowest BCUT2D eigenvalue weighted by Crippen LogP contribution is -2.52. The Bertz CT molecular complexity index is 859.